The zero-order valence-electron chi connectivity index (χ0n) is 16.9. The highest BCUT2D eigenvalue weighted by Crippen LogP contribution is 2.25. The van der Waals surface area contributed by atoms with Gasteiger partial charge in [-0.1, -0.05) is 35.9 Å². The maximum atomic E-state index is 13.1. The molecule has 152 valence electrons. The van der Waals surface area contributed by atoms with E-state index in [-0.39, 0.29) is 5.91 Å². The second-order valence-electron chi connectivity index (χ2n) is 7.64. The van der Waals surface area contributed by atoms with Crippen molar-refractivity contribution in [1.82, 2.24) is 13.8 Å². The third-order valence-corrected chi connectivity index (χ3v) is 7.66. The molecule has 1 aromatic heterocycles. The number of carbonyl (C=O) groups is 1. The first-order valence-electron chi connectivity index (χ1n) is 9.70. The maximum Gasteiger partial charge on any atom is 0.256 e. The summed E-state index contributed by atoms with van der Waals surface area (Å²) in [5, 5.41) is 0.922. The highest BCUT2D eigenvalue weighted by Gasteiger charge is 2.32. The molecule has 0 unspecified atom stereocenters. The number of hydrogen-bond acceptors (Lipinski definition) is 3. The number of amides is 1. The second-order valence-corrected chi connectivity index (χ2v) is 9.54. The minimum Gasteiger partial charge on any atom is -0.350 e. The number of carbonyl (C=O) groups excluding carboxylic acids is 1. The van der Waals surface area contributed by atoms with Gasteiger partial charge in [-0.25, -0.2) is 8.42 Å². The molecule has 3 aromatic rings. The van der Waals surface area contributed by atoms with Crippen LogP contribution in [0.2, 0.25) is 0 Å². The lowest BCUT2D eigenvalue weighted by molar-refractivity contribution is 0.0699. The lowest BCUT2D eigenvalue weighted by Gasteiger charge is -2.34. The van der Waals surface area contributed by atoms with E-state index in [2.05, 4.69) is 0 Å². The van der Waals surface area contributed by atoms with Crippen molar-refractivity contribution >= 4 is 26.8 Å². The molecule has 29 heavy (non-hydrogen) atoms. The fourth-order valence-corrected chi connectivity index (χ4v) is 5.67. The van der Waals surface area contributed by atoms with Crippen LogP contribution < -0.4 is 0 Å². The summed E-state index contributed by atoms with van der Waals surface area (Å²) in [6, 6.07) is 13.2. The van der Waals surface area contributed by atoms with Crippen LogP contribution in [-0.2, 0) is 17.1 Å². The lowest BCUT2D eigenvalue weighted by atomic mass is 10.1. The van der Waals surface area contributed by atoms with E-state index in [1.165, 1.54) is 4.31 Å². The monoisotopic (exact) mass is 411 g/mol. The number of piperazine rings is 1. The van der Waals surface area contributed by atoms with Crippen LogP contribution in [0, 0.1) is 13.8 Å². The van der Waals surface area contributed by atoms with Crippen molar-refractivity contribution in [2.45, 2.75) is 18.7 Å². The Kier molecular flexibility index (Phi) is 4.96. The lowest BCUT2D eigenvalue weighted by Crippen LogP contribution is -2.50. The average molecular weight is 412 g/mol. The molecule has 1 amide bonds. The van der Waals surface area contributed by atoms with E-state index in [9.17, 15) is 13.2 Å². The molecule has 7 heteroatoms. The van der Waals surface area contributed by atoms with Crippen molar-refractivity contribution in [2.24, 2.45) is 7.05 Å². The number of sulfonamides is 1. The Labute approximate surface area is 171 Å². The van der Waals surface area contributed by atoms with Gasteiger partial charge in [-0.2, -0.15) is 4.31 Å². The highest BCUT2D eigenvalue weighted by molar-refractivity contribution is 7.89. The van der Waals surface area contributed by atoms with Crippen LogP contribution in [0.3, 0.4) is 0 Å². The van der Waals surface area contributed by atoms with Gasteiger partial charge in [0.25, 0.3) is 5.91 Å². The normalized spacial score (nSPS) is 15.8. The SMILES string of the molecule is Cc1ccc(S(=O)(=O)N2CCN(C(=O)c3cn(C)c4ccccc34)CC2)c(C)c1. The van der Waals surface area contributed by atoms with Crippen LogP contribution >= 0.6 is 0 Å². The minimum atomic E-state index is -3.56. The standard InChI is InChI=1S/C22H25N3O3S/c1-16-8-9-21(17(2)14-16)29(27,28)25-12-10-24(11-13-25)22(26)19-15-23(3)20-7-5-4-6-18(19)20/h4-9,14-15H,10-13H2,1-3H3. The Balaban J connectivity index is 1.52. The number of aryl methyl sites for hydroxylation is 3. The molecule has 0 N–H and O–H groups in total. The molecule has 1 fully saturated rings. The molecule has 1 saturated heterocycles. The van der Waals surface area contributed by atoms with Crippen LogP contribution in [0.5, 0.6) is 0 Å². The quantitative estimate of drug-likeness (QED) is 0.666. The smallest absolute Gasteiger partial charge is 0.256 e. The molecule has 0 spiro atoms. The molecule has 0 saturated carbocycles. The first-order chi connectivity index (χ1) is 13.8. The van der Waals surface area contributed by atoms with Gasteiger partial charge in [-0.3, -0.25) is 4.79 Å². The zero-order chi connectivity index (χ0) is 20.8. The second kappa shape index (κ2) is 7.31. The van der Waals surface area contributed by atoms with E-state index >= 15 is 0 Å². The molecule has 4 rings (SSSR count). The van der Waals surface area contributed by atoms with E-state index in [4.69, 9.17) is 0 Å². The molecular weight excluding hydrogens is 386 g/mol. The number of benzene rings is 2. The highest BCUT2D eigenvalue weighted by atomic mass is 32.2. The molecule has 2 heterocycles. The molecule has 0 radical (unpaired) electrons. The summed E-state index contributed by atoms with van der Waals surface area (Å²) in [6.45, 7) is 5.12. The summed E-state index contributed by atoms with van der Waals surface area (Å²) in [5.74, 6) is -0.0506. The summed E-state index contributed by atoms with van der Waals surface area (Å²) in [5.41, 5.74) is 3.45. The Morgan fingerprint density at radius 3 is 2.34 bits per heavy atom. The van der Waals surface area contributed by atoms with E-state index in [0.717, 1.165) is 22.0 Å². The molecule has 0 aliphatic carbocycles. The van der Waals surface area contributed by atoms with Crippen LogP contribution in [0.25, 0.3) is 10.9 Å². The van der Waals surface area contributed by atoms with Gasteiger partial charge in [-0.15, -0.1) is 0 Å². The average Bonchev–Trinajstić information content (AvgIpc) is 3.04. The first kappa shape index (κ1) is 19.7. The maximum absolute atomic E-state index is 13.1. The number of rotatable bonds is 3. The Hall–Kier alpha value is -2.64. The van der Waals surface area contributed by atoms with E-state index < -0.39 is 10.0 Å². The predicted molar refractivity (Wildman–Crippen MR) is 113 cm³/mol. The van der Waals surface area contributed by atoms with Crippen molar-refractivity contribution < 1.29 is 13.2 Å². The molecule has 6 nitrogen and oxygen atoms in total. The summed E-state index contributed by atoms with van der Waals surface area (Å²) in [4.78, 5) is 15.2. The van der Waals surface area contributed by atoms with Crippen LogP contribution in [0.15, 0.2) is 53.6 Å². The Bertz CT molecular complexity index is 1190. The van der Waals surface area contributed by atoms with Gasteiger partial charge in [0.1, 0.15) is 0 Å². The van der Waals surface area contributed by atoms with E-state index in [1.54, 1.807) is 11.0 Å². The van der Waals surface area contributed by atoms with Crippen LogP contribution in [-0.4, -0.2) is 54.3 Å². The summed E-state index contributed by atoms with van der Waals surface area (Å²) in [6.07, 6.45) is 1.85. The number of para-hydroxylation sites is 1. The van der Waals surface area contributed by atoms with E-state index in [1.807, 2.05) is 68.1 Å². The van der Waals surface area contributed by atoms with Crippen LogP contribution in [0.4, 0.5) is 0 Å². The van der Waals surface area contributed by atoms with Crippen LogP contribution in [0.1, 0.15) is 21.5 Å². The van der Waals surface area contributed by atoms with Gasteiger partial charge >= 0.3 is 0 Å². The van der Waals surface area contributed by atoms with E-state index in [0.29, 0.717) is 36.6 Å². The van der Waals surface area contributed by atoms with Gasteiger partial charge < -0.3 is 9.47 Å². The molecule has 0 atom stereocenters. The molecule has 2 aromatic carbocycles. The third-order valence-electron chi connectivity index (χ3n) is 5.60. The third kappa shape index (κ3) is 3.45. The zero-order valence-corrected chi connectivity index (χ0v) is 17.7. The molecular formula is C22H25N3O3S. The fraction of sp³-hybridized carbons (Fsp3) is 0.318. The molecule has 1 aliphatic heterocycles. The number of aromatic nitrogens is 1. The predicted octanol–water partition coefficient (Wildman–Crippen LogP) is 2.94. The van der Waals surface area contributed by atoms with Gasteiger partial charge in [0.15, 0.2) is 0 Å². The van der Waals surface area contributed by atoms with Gasteiger partial charge in [0.2, 0.25) is 10.0 Å². The van der Waals surface area contributed by atoms with Crippen molar-refractivity contribution in [2.75, 3.05) is 26.2 Å². The minimum absolute atomic E-state index is 0.0506. The number of hydrogen-bond donors (Lipinski definition) is 0. The Morgan fingerprint density at radius 1 is 0.966 bits per heavy atom. The van der Waals surface area contributed by atoms with Crippen molar-refractivity contribution in [3.63, 3.8) is 0 Å². The van der Waals surface area contributed by atoms with Gasteiger partial charge in [-0.05, 0) is 31.5 Å². The van der Waals surface area contributed by atoms with Crippen molar-refractivity contribution in [3.8, 4) is 0 Å². The topological polar surface area (TPSA) is 62.6 Å². The summed E-state index contributed by atoms with van der Waals surface area (Å²) >= 11 is 0. The first-order valence-corrected chi connectivity index (χ1v) is 11.1. The van der Waals surface area contributed by atoms with Gasteiger partial charge in [0, 0.05) is 50.3 Å². The fourth-order valence-electron chi connectivity index (χ4n) is 4.04. The van der Waals surface area contributed by atoms with Crippen molar-refractivity contribution in [1.29, 1.82) is 0 Å². The van der Waals surface area contributed by atoms with Gasteiger partial charge in [0.05, 0.1) is 10.5 Å². The molecule has 0 bridgehead atoms. The molecule has 1 aliphatic rings. The number of fused-ring (bicyclic) bond motifs is 1. The summed E-state index contributed by atoms with van der Waals surface area (Å²) in [7, 11) is -1.64. The summed E-state index contributed by atoms with van der Waals surface area (Å²) < 4.78 is 29.6. The Morgan fingerprint density at radius 2 is 1.66 bits per heavy atom. The largest absolute Gasteiger partial charge is 0.350 e. The number of nitrogens with zero attached hydrogens (tertiary/aromatic N) is 3. The van der Waals surface area contributed by atoms with Crippen molar-refractivity contribution in [3.05, 3.63) is 65.4 Å².